The summed E-state index contributed by atoms with van der Waals surface area (Å²) in [5, 5.41) is 0. The van der Waals surface area contributed by atoms with Crippen LogP contribution in [0.1, 0.15) is 15.9 Å². The second kappa shape index (κ2) is 7.95. The predicted molar refractivity (Wildman–Crippen MR) is 96.9 cm³/mol. The molecule has 3 rings (SSSR count). The Bertz CT molecular complexity index is 850. The van der Waals surface area contributed by atoms with Gasteiger partial charge in [-0.1, -0.05) is 0 Å². The number of carbonyl (C=O) groups is 1. The van der Waals surface area contributed by atoms with Gasteiger partial charge in [-0.15, -0.1) is 0 Å². The minimum atomic E-state index is -4.41. The highest BCUT2D eigenvalue weighted by atomic mass is 19.4. The van der Waals surface area contributed by atoms with Gasteiger partial charge >= 0.3 is 6.18 Å². The smallest absolute Gasteiger partial charge is 0.416 e. The number of hydrogen-bond donors (Lipinski definition) is 0. The first-order valence-corrected chi connectivity index (χ1v) is 8.63. The fourth-order valence-electron chi connectivity index (χ4n) is 3.06. The maximum Gasteiger partial charge on any atom is 0.416 e. The molecule has 2 heterocycles. The minimum absolute atomic E-state index is 0.169. The number of alkyl halides is 3. The van der Waals surface area contributed by atoms with Gasteiger partial charge in [0.2, 0.25) is 0 Å². The van der Waals surface area contributed by atoms with E-state index in [1.807, 2.05) is 0 Å². The highest BCUT2D eigenvalue weighted by Crippen LogP contribution is 2.31. The average Bonchev–Trinajstić information content (AvgIpc) is 2.72. The number of ether oxygens (including phenoxy) is 2. The van der Waals surface area contributed by atoms with Crippen LogP contribution in [0, 0.1) is 0 Å². The second-order valence-electron chi connectivity index (χ2n) is 6.25. The maximum atomic E-state index is 12.9. The van der Waals surface area contributed by atoms with Crippen molar-refractivity contribution in [2.75, 3.05) is 45.3 Å². The van der Waals surface area contributed by atoms with E-state index in [0.29, 0.717) is 43.2 Å². The molecule has 0 unspecified atom stereocenters. The van der Waals surface area contributed by atoms with Crippen LogP contribution in [0.15, 0.2) is 36.5 Å². The van der Waals surface area contributed by atoms with Gasteiger partial charge in [0, 0.05) is 37.9 Å². The summed E-state index contributed by atoms with van der Waals surface area (Å²) in [7, 11) is 3.01. The molecule has 9 heteroatoms. The third-order valence-corrected chi connectivity index (χ3v) is 4.59. The molecule has 0 N–H and O–H groups in total. The van der Waals surface area contributed by atoms with Gasteiger partial charge in [-0.3, -0.25) is 4.79 Å². The Hall–Kier alpha value is -2.97. The zero-order valence-corrected chi connectivity index (χ0v) is 15.5. The number of carbonyl (C=O) groups excluding carboxylic acids is 1. The summed E-state index contributed by atoms with van der Waals surface area (Å²) in [5.74, 6) is 1.07. The van der Waals surface area contributed by atoms with Crippen LogP contribution in [0.2, 0.25) is 0 Å². The molecular formula is C19H20F3N3O3. The van der Waals surface area contributed by atoms with E-state index >= 15 is 0 Å². The Morgan fingerprint density at radius 2 is 1.68 bits per heavy atom. The van der Waals surface area contributed by atoms with Crippen molar-refractivity contribution in [1.82, 2.24) is 9.88 Å². The van der Waals surface area contributed by atoms with Gasteiger partial charge in [0.25, 0.3) is 5.91 Å². The summed E-state index contributed by atoms with van der Waals surface area (Å²) in [5.41, 5.74) is -0.273. The van der Waals surface area contributed by atoms with Crippen molar-refractivity contribution < 1.29 is 27.4 Å². The average molecular weight is 395 g/mol. The molecule has 1 aromatic carbocycles. The first-order chi connectivity index (χ1) is 13.3. The first kappa shape index (κ1) is 19.8. The zero-order valence-electron chi connectivity index (χ0n) is 15.5. The van der Waals surface area contributed by atoms with Crippen LogP contribution in [0.25, 0.3) is 0 Å². The Kier molecular flexibility index (Phi) is 5.62. The quantitative estimate of drug-likeness (QED) is 0.797. The number of rotatable bonds is 4. The molecule has 1 aliphatic heterocycles. The third kappa shape index (κ3) is 4.13. The molecular weight excluding hydrogens is 375 g/mol. The van der Waals surface area contributed by atoms with Gasteiger partial charge in [0.05, 0.1) is 19.8 Å². The van der Waals surface area contributed by atoms with Crippen LogP contribution in [-0.4, -0.2) is 56.2 Å². The molecule has 1 fully saturated rings. The molecule has 150 valence electrons. The lowest BCUT2D eigenvalue weighted by Crippen LogP contribution is -2.49. The van der Waals surface area contributed by atoms with Crippen molar-refractivity contribution >= 4 is 11.7 Å². The molecule has 2 aromatic rings. The third-order valence-electron chi connectivity index (χ3n) is 4.59. The number of hydrogen-bond acceptors (Lipinski definition) is 5. The van der Waals surface area contributed by atoms with E-state index in [4.69, 9.17) is 9.47 Å². The molecule has 1 amide bonds. The largest absolute Gasteiger partial charge is 0.493 e. The van der Waals surface area contributed by atoms with Crippen LogP contribution in [0.5, 0.6) is 11.5 Å². The van der Waals surface area contributed by atoms with Gasteiger partial charge in [0.15, 0.2) is 11.5 Å². The Balaban J connectivity index is 1.68. The number of aromatic nitrogens is 1. The van der Waals surface area contributed by atoms with E-state index in [9.17, 15) is 18.0 Å². The standard InChI is InChI=1S/C19H20F3N3O3/c1-27-15-4-3-13(11-16(15)28-2)18(26)25-9-7-24(8-10-25)17-12-14(5-6-23-17)19(20,21)22/h3-6,11-12H,7-10H2,1-2H3. The van der Waals surface area contributed by atoms with Crippen LogP contribution in [-0.2, 0) is 6.18 Å². The number of anilines is 1. The number of nitrogens with zero attached hydrogens (tertiary/aromatic N) is 3. The molecule has 0 aliphatic carbocycles. The molecule has 0 radical (unpaired) electrons. The lowest BCUT2D eigenvalue weighted by atomic mass is 10.1. The highest BCUT2D eigenvalue weighted by molar-refractivity contribution is 5.95. The monoisotopic (exact) mass is 395 g/mol. The van der Waals surface area contributed by atoms with Crippen molar-refractivity contribution in [3.63, 3.8) is 0 Å². The molecule has 0 bridgehead atoms. The normalized spacial score (nSPS) is 14.8. The molecule has 0 atom stereocenters. The summed E-state index contributed by atoms with van der Waals surface area (Å²) in [6, 6.07) is 6.91. The summed E-state index contributed by atoms with van der Waals surface area (Å²) in [4.78, 5) is 20.2. The Morgan fingerprint density at radius 3 is 2.29 bits per heavy atom. The second-order valence-corrected chi connectivity index (χ2v) is 6.25. The molecule has 0 spiro atoms. The molecule has 1 aliphatic rings. The van der Waals surface area contributed by atoms with Gasteiger partial charge in [0.1, 0.15) is 5.82 Å². The molecule has 6 nitrogen and oxygen atoms in total. The van der Waals surface area contributed by atoms with Crippen molar-refractivity contribution in [1.29, 1.82) is 0 Å². The van der Waals surface area contributed by atoms with Crippen LogP contribution >= 0.6 is 0 Å². The van der Waals surface area contributed by atoms with Crippen molar-refractivity contribution in [3.8, 4) is 11.5 Å². The lowest BCUT2D eigenvalue weighted by molar-refractivity contribution is -0.137. The van der Waals surface area contributed by atoms with E-state index in [1.54, 1.807) is 28.0 Å². The molecule has 28 heavy (non-hydrogen) atoms. The number of halogens is 3. The predicted octanol–water partition coefficient (Wildman–Crippen LogP) is 3.08. The van der Waals surface area contributed by atoms with Gasteiger partial charge in [-0.05, 0) is 30.3 Å². The number of methoxy groups -OCH3 is 2. The van der Waals surface area contributed by atoms with Crippen molar-refractivity contribution in [3.05, 3.63) is 47.7 Å². The maximum absolute atomic E-state index is 12.9. The summed E-state index contributed by atoms with van der Waals surface area (Å²) in [6.07, 6.45) is -3.26. The van der Waals surface area contributed by atoms with Crippen molar-refractivity contribution in [2.24, 2.45) is 0 Å². The van der Waals surface area contributed by atoms with Gasteiger partial charge in [-0.2, -0.15) is 13.2 Å². The summed E-state index contributed by atoms with van der Waals surface area (Å²) in [6.45, 7) is 1.55. The van der Waals surface area contributed by atoms with Gasteiger partial charge in [-0.25, -0.2) is 4.98 Å². The van der Waals surface area contributed by atoms with Crippen LogP contribution in [0.3, 0.4) is 0 Å². The fourth-order valence-corrected chi connectivity index (χ4v) is 3.06. The van der Waals surface area contributed by atoms with Crippen molar-refractivity contribution in [2.45, 2.75) is 6.18 Å². The summed E-state index contributed by atoms with van der Waals surface area (Å²) >= 11 is 0. The first-order valence-electron chi connectivity index (χ1n) is 8.63. The van der Waals surface area contributed by atoms with Crippen LogP contribution in [0.4, 0.5) is 19.0 Å². The molecule has 1 aromatic heterocycles. The number of piperazine rings is 1. The van der Waals surface area contributed by atoms with Gasteiger partial charge < -0.3 is 19.3 Å². The number of pyridine rings is 1. The van der Waals surface area contributed by atoms with E-state index in [1.165, 1.54) is 14.2 Å². The fraction of sp³-hybridized carbons (Fsp3) is 0.368. The lowest BCUT2D eigenvalue weighted by Gasteiger charge is -2.35. The van der Waals surface area contributed by atoms with E-state index in [-0.39, 0.29) is 11.7 Å². The highest BCUT2D eigenvalue weighted by Gasteiger charge is 2.32. The SMILES string of the molecule is COc1ccc(C(=O)N2CCN(c3cc(C(F)(F)F)ccn3)CC2)cc1OC. The summed E-state index contributed by atoms with van der Waals surface area (Å²) < 4.78 is 49.1. The zero-order chi connectivity index (χ0) is 20.3. The molecule has 1 saturated heterocycles. The van der Waals surface area contributed by atoms with E-state index < -0.39 is 11.7 Å². The Labute approximate surface area is 160 Å². The molecule has 0 saturated carbocycles. The topological polar surface area (TPSA) is 54.9 Å². The van der Waals surface area contributed by atoms with E-state index in [2.05, 4.69) is 4.98 Å². The minimum Gasteiger partial charge on any atom is -0.493 e. The Morgan fingerprint density at radius 1 is 1.00 bits per heavy atom. The van der Waals surface area contributed by atoms with E-state index in [0.717, 1.165) is 18.3 Å². The van der Waals surface area contributed by atoms with Crippen LogP contribution < -0.4 is 14.4 Å². The number of amides is 1. The number of benzene rings is 1.